The van der Waals surface area contributed by atoms with Gasteiger partial charge in [0.25, 0.3) is 0 Å². The predicted octanol–water partition coefficient (Wildman–Crippen LogP) is 9.54. The molecule has 2 aliphatic rings. The van der Waals surface area contributed by atoms with E-state index in [-0.39, 0.29) is 0 Å². The SMILES string of the molecule is CC(O)OCCCOc1ccc(-c2c3nc(c(Cl)c4ccc([nH]4)c(-c4ccc(OCCCOC(C)O)cc4)c4nc(c(Cl)c5ccc2[nH]5)C=C4)C=C3)cc1. The van der Waals surface area contributed by atoms with Gasteiger partial charge in [0.2, 0.25) is 0 Å². The van der Waals surface area contributed by atoms with Crippen LogP contribution in [0.3, 0.4) is 0 Å². The zero-order chi connectivity index (χ0) is 37.6. The largest absolute Gasteiger partial charge is 0.494 e. The summed E-state index contributed by atoms with van der Waals surface area (Å²) >= 11 is 14.1. The number of aliphatic hydroxyl groups excluding tert-OH is 2. The molecule has 7 rings (SSSR count). The number of aliphatic hydroxyl groups is 2. The number of hydrogen-bond donors (Lipinski definition) is 4. The number of aromatic nitrogens is 4. The van der Waals surface area contributed by atoms with E-state index in [1.165, 1.54) is 0 Å². The minimum atomic E-state index is -0.796. The number of nitrogens with zero attached hydrogens (tertiary/aromatic N) is 2. The van der Waals surface area contributed by atoms with Crippen LogP contribution < -0.4 is 9.47 Å². The Morgan fingerprint density at radius 2 is 0.889 bits per heavy atom. The Morgan fingerprint density at radius 3 is 1.28 bits per heavy atom. The monoisotopic (exact) mass is 766 g/mol. The molecule has 278 valence electrons. The molecule has 4 N–H and O–H groups in total. The van der Waals surface area contributed by atoms with Crippen LogP contribution in [0.4, 0.5) is 0 Å². The van der Waals surface area contributed by atoms with Gasteiger partial charge >= 0.3 is 0 Å². The second-order valence-corrected chi connectivity index (χ2v) is 13.5. The first kappa shape index (κ1) is 37.4. The molecule has 3 aromatic heterocycles. The molecule has 0 saturated carbocycles. The van der Waals surface area contributed by atoms with Gasteiger partial charge in [-0.2, -0.15) is 0 Å². The van der Waals surface area contributed by atoms with Gasteiger partial charge in [0.05, 0.1) is 70.3 Å². The van der Waals surface area contributed by atoms with Gasteiger partial charge in [0.15, 0.2) is 12.6 Å². The molecule has 0 amide bonds. The number of aromatic amines is 2. The second kappa shape index (κ2) is 17.0. The van der Waals surface area contributed by atoms with E-state index in [9.17, 15) is 10.2 Å². The Morgan fingerprint density at radius 1 is 0.519 bits per heavy atom. The van der Waals surface area contributed by atoms with Gasteiger partial charge in [0, 0.05) is 35.0 Å². The van der Waals surface area contributed by atoms with E-state index >= 15 is 0 Å². The number of halogens is 2. The van der Waals surface area contributed by atoms with Crippen molar-refractivity contribution in [2.45, 2.75) is 39.3 Å². The highest BCUT2D eigenvalue weighted by Gasteiger charge is 2.17. The zero-order valence-corrected chi connectivity index (χ0v) is 31.3. The minimum absolute atomic E-state index is 0.409. The molecule has 2 aliphatic heterocycles. The van der Waals surface area contributed by atoms with Crippen molar-refractivity contribution in [3.8, 4) is 33.8 Å². The van der Waals surface area contributed by atoms with Crippen LogP contribution in [0.5, 0.6) is 11.5 Å². The lowest BCUT2D eigenvalue weighted by molar-refractivity contribution is -0.0876. The molecule has 2 atom stereocenters. The number of hydrogen-bond acceptors (Lipinski definition) is 8. The zero-order valence-electron chi connectivity index (χ0n) is 29.8. The second-order valence-electron chi connectivity index (χ2n) is 12.8. The summed E-state index contributed by atoms with van der Waals surface area (Å²) < 4.78 is 22.2. The number of fused-ring (bicyclic) bond motifs is 8. The summed E-state index contributed by atoms with van der Waals surface area (Å²) in [5.41, 5.74) is 9.33. The maximum Gasteiger partial charge on any atom is 0.151 e. The van der Waals surface area contributed by atoms with Crippen LogP contribution in [0.1, 0.15) is 49.5 Å². The normalized spacial score (nSPS) is 13.3. The minimum Gasteiger partial charge on any atom is -0.494 e. The lowest BCUT2D eigenvalue weighted by Crippen LogP contribution is -2.10. The number of ether oxygens (including phenoxy) is 4. The van der Waals surface area contributed by atoms with Crippen molar-refractivity contribution in [3.05, 3.63) is 106 Å². The Hall–Kier alpha value is -4.94. The van der Waals surface area contributed by atoms with Crippen LogP contribution in [0.25, 0.3) is 68.6 Å². The van der Waals surface area contributed by atoms with Gasteiger partial charge in [-0.15, -0.1) is 0 Å². The predicted molar refractivity (Wildman–Crippen MR) is 215 cm³/mol. The maximum absolute atomic E-state index is 9.30. The first-order chi connectivity index (χ1) is 26.2. The highest BCUT2D eigenvalue weighted by atomic mass is 35.5. The Labute approximate surface area is 322 Å². The number of H-pyrrole nitrogens is 2. The van der Waals surface area contributed by atoms with Gasteiger partial charge in [-0.25, -0.2) is 9.97 Å². The lowest BCUT2D eigenvalue weighted by Gasteiger charge is -2.09. The first-order valence-electron chi connectivity index (χ1n) is 17.8. The summed E-state index contributed by atoms with van der Waals surface area (Å²) in [7, 11) is 0. The molecule has 2 unspecified atom stereocenters. The van der Waals surface area contributed by atoms with Crippen molar-refractivity contribution in [1.29, 1.82) is 0 Å². The fraction of sp³-hybridized carbons (Fsp3) is 0.238. The van der Waals surface area contributed by atoms with Crippen LogP contribution in [-0.4, -0.2) is 69.2 Å². The average Bonchev–Trinajstić information content (AvgIpc) is 4.00. The standard InChI is InChI=1S/C42H40Cl2N4O6/c1-25(49)51-21-3-23-53-29-9-5-27(6-10-29)39-31-13-17-35(45-31)41(43)37-19-15-33(47-37)40(28-7-11-30(12-8-28)54-24-4-22-52-26(2)50)34-16-20-38(48-34)42(44)36-18-14-32(39)46-36/h5-20,25-26,45,48-50H,3-4,21-24H2,1-2H3. The topological polar surface area (TPSA) is 135 Å². The smallest absolute Gasteiger partial charge is 0.151 e. The quantitative estimate of drug-likeness (QED) is 0.0635. The van der Waals surface area contributed by atoms with E-state index in [1.807, 2.05) is 97.1 Å². The van der Waals surface area contributed by atoms with Crippen molar-refractivity contribution in [2.75, 3.05) is 26.4 Å². The van der Waals surface area contributed by atoms with Gasteiger partial charge in [-0.1, -0.05) is 47.5 Å². The van der Waals surface area contributed by atoms with Crippen molar-refractivity contribution < 1.29 is 29.2 Å². The highest BCUT2D eigenvalue weighted by molar-refractivity contribution is 6.36. The molecule has 8 bridgehead atoms. The summed E-state index contributed by atoms with van der Waals surface area (Å²) in [4.78, 5) is 17.1. The van der Waals surface area contributed by atoms with Crippen molar-refractivity contribution >= 4 is 69.6 Å². The van der Waals surface area contributed by atoms with E-state index in [4.69, 9.17) is 52.1 Å². The molecule has 10 nitrogen and oxygen atoms in total. The average molecular weight is 768 g/mol. The molecule has 5 aromatic rings. The van der Waals surface area contributed by atoms with Crippen LogP contribution >= 0.6 is 23.2 Å². The Kier molecular flexibility index (Phi) is 11.8. The highest BCUT2D eigenvalue weighted by Crippen LogP contribution is 2.36. The molecule has 2 aromatic carbocycles. The van der Waals surface area contributed by atoms with E-state index < -0.39 is 12.6 Å². The van der Waals surface area contributed by atoms with Crippen molar-refractivity contribution in [1.82, 2.24) is 19.9 Å². The van der Waals surface area contributed by atoms with Gasteiger partial charge in [-0.3, -0.25) is 0 Å². The summed E-state index contributed by atoms with van der Waals surface area (Å²) in [5, 5.41) is 19.6. The third-order valence-corrected chi connectivity index (χ3v) is 9.54. The molecule has 5 heterocycles. The molecule has 0 radical (unpaired) electrons. The first-order valence-corrected chi connectivity index (χ1v) is 18.5. The van der Waals surface area contributed by atoms with E-state index in [2.05, 4.69) is 9.97 Å². The maximum atomic E-state index is 9.30. The summed E-state index contributed by atoms with van der Waals surface area (Å²) in [6.07, 6.45) is 7.45. The Balaban J connectivity index is 1.29. The molecule has 0 aliphatic carbocycles. The van der Waals surface area contributed by atoms with Crippen LogP contribution in [0, 0.1) is 0 Å². The number of rotatable bonds is 14. The third kappa shape index (κ3) is 8.71. The van der Waals surface area contributed by atoms with E-state index in [0.717, 1.165) is 56.2 Å². The Bertz CT molecular complexity index is 2170. The molecular weight excluding hydrogens is 727 g/mol. The summed E-state index contributed by atoms with van der Waals surface area (Å²) in [6.45, 7) is 4.90. The third-order valence-electron chi connectivity index (χ3n) is 8.74. The lowest BCUT2D eigenvalue weighted by atomic mass is 10.0. The number of nitrogens with one attached hydrogen (secondary N) is 2. The molecule has 0 spiro atoms. The molecular formula is C42H40Cl2N4O6. The van der Waals surface area contributed by atoms with Crippen LogP contribution in [-0.2, 0) is 9.47 Å². The van der Waals surface area contributed by atoms with E-state index in [1.54, 1.807) is 13.8 Å². The fourth-order valence-electron chi connectivity index (χ4n) is 6.19. The van der Waals surface area contributed by atoms with Crippen LogP contribution in [0.15, 0.2) is 72.8 Å². The van der Waals surface area contributed by atoms with Gasteiger partial charge in [0.1, 0.15) is 11.5 Å². The number of benzene rings is 2. The van der Waals surface area contributed by atoms with Gasteiger partial charge < -0.3 is 39.1 Å². The summed E-state index contributed by atoms with van der Waals surface area (Å²) in [5.74, 6) is 1.44. The van der Waals surface area contributed by atoms with Crippen LogP contribution in [0.2, 0.25) is 10.0 Å². The summed E-state index contributed by atoms with van der Waals surface area (Å²) in [6, 6.07) is 23.5. The molecule has 0 fully saturated rings. The molecule has 54 heavy (non-hydrogen) atoms. The van der Waals surface area contributed by atoms with Crippen molar-refractivity contribution in [2.24, 2.45) is 0 Å². The van der Waals surface area contributed by atoms with E-state index in [0.29, 0.717) is 71.7 Å². The molecule has 12 heteroatoms. The fourth-order valence-corrected chi connectivity index (χ4v) is 6.62. The van der Waals surface area contributed by atoms with Gasteiger partial charge in [-0.05, 0) is 97.8 Å². The molecule has 0 saturated heterocycles. The van der Waals surface area contributed by atoms with Crippen molar-refractivity contribution in [3.63, 3.8) is 0 Å².